The minimum Gasteiger partial charge on any atom is -0.468 e. The van der Waals surface area contributed by atoms with Crippen LogP contribution in [0.2, 0.25) is 0 Å². The first-order chi connectivity index (χ1) is 11.8. The second-order valence-corrected chi connectivity index (χ2v) is 7.98. The molecule has 1 N–H and O–H groups in total. The van der Waals surface area contributed by atoms with Crippen molar-refractivity contribution < 1.29 is 17.6 Å². The lowest BCUT2D eigenvalue weighted by molar-refractivity contribution is -0.122. The van der Waals surface area contributed by atoms with Crippen molar-refractivity contribution >= 4 is 15.9 Å². The number of carbonyl (C=O) groups excluding carboxylic acids is 1. The van der Waals surface area contributed by atoms with E-state index in [1.165, 1.54) is 6.26 Å². The van der Waals surface area contributed by atoms with E-state index in [1.807, 2.05) is 20.8 Å². The summed E-state index contributed by atoms with van der Waals surface area (Å²) < 4.78 is 32.3. The number of sulfonamides is 1. The third-order valence-corrected chi connectivity index (χ3v) is 5.72. The molecule has 1 unspecified atom stereocenters. The highest BCUT2D eigenvalue weighted by Crippen LogP contribution is 2.19. The fraction of sp³-hybridized carbons (Fsp3) is 0.389. The molecular weight excluding hydrogens is 340 g/mol. The predicted octanol–water partition coefficient (Wildman–Crippen LogP) is 2.69. The highest BCUT2D eigenvalue weighted by molar-refractivity contribution is 7.89. The minimum atomic E-state index is -3.82. The number of rotatable bonds is 8. The third kappa shape index (κ3) is 5.17. The van der Waals surface area contributed by atoms with Crippen LogP contribution in [0.1, 0.15) is 31.6 Å². The second-order valence-electron chi connectivity index (χ2n) is 6.04. The monoisotopic (exact) mass is 364 g/mol. The van der Waals surface area contributed by atoms with E-state index in [4.69, 9.17) is 4.42 Å². The Morgan fingerprint density at radius 2 is 1.92 bits per heavy atom. The van der Waals surface area contributed by atoms with Crippen LogP contribution in [0.15, 0.2) is 52.0 Å². The molecule has 1 aromatic heterocycles. The van der Waals surface area contributed by atoms with Crippen molar-refractivity contribution in [2.75, 3.05) is 6.54 Å². The number of hydrogen-bond donors (Lipinski definition) is 1. The molecule has 0 fully saturated rings. The van der Waals surface area contributed by atoms with Crippen LogP contribution in [0.4, 0.5) is 0 Å². The van der Waals surface area contributed by atoms with Gasteiger partial charge < -0.3 is 9.73 Å². The van der Waals surface area contributed by atoms with E-state index in [1.54, 1.807) is 36.4 Å². The zero-order valence-corrected chi connectivity index (χ0v) is 15.5. The normalized spacial score (nSPS) is 13.0. The van der Waals surface area contributed by atoms with E-state index in [-0.39, 0.29) is 29.9 Å². The average Bonchev–Trinajstić information content (AvgIpc) is 3.07. The van der Waals surface area contributed by atoms with E-state index >= 15 is 0 Å². The number of nitrogens with zero attached hydrogens (tertiary/aromatic N) is 1. The number of amides is 1. The van der Waals surface area contributed by atoms with Crippen molar-refractivity contribution in [2.45, 2.75) is 44.7 Å². The quantitative estimate of drug-likeness (QED) is 0.781. The first-order valence-corrected chi connectivity index (χ1v) is 9.65. The van der Waals surface area contributed by atoms with Gasteiger partial charge in [-0.15, -0.1) is 0 Å². The lowest BCUT2D eigenvalue weighted by Crippen LogP contribution is -2.42. The van der Waals surface area contributed by atoms with Crippen molar-refractivity contribution in [3.63, 3.8) is 0 Å². The summed E-state index contributed by atoms with van der Waals surface area (Å²) in [5.74, 6) is 0.142. The Kier molecular flexibility index (Phi) is 6.39. The van der Waals surface area contributed by atoms with Crippen LogP contribution in [-0.4, -0.2) is 31.2 Å². The van der Waals surface area contributed by atoms with Gasteiger partial charge in [-0.05, 0) is 44.5 Å². The van der Waals surface area contributed by atoms with Gasteiger partial charge in [0.15, 0.2) is 0 Å². The van der Waals surface area contributed by atoms with Crippen molar-refractivity contribution in [1.82, 2.24) is 9.62 Å². The van der Waals surface area contributed by atoms with Gasteiger partial charge in [-0.1, -0.05) is 24.6 Å². The molecule has 0 radical (unpaired) electrons. The van der Waals surface area contributed by atoms with E-state index in [2.05, 4.69) is 5.32 Å². The molecule has 2 aromatic rings. The van der Waals surface area contributed by atoms with Crippen LogP contribution in [0, 0.1) is 6.92 Å². The molecule has 0 bridgehead atoms. The molecule has 7 heteroatoms. The van der Waals surface area contributed by atoms with Crippen molar-refractivity contribution in [1.29, 1.82) is 0 Å². The van der Waals surface area contributed by atoms with Crippen molar-refractivity contribution in [3.8, 4) is 0 Å². The standard InChI is InChI=1S/C18H24N2O4S/c1-4-15(3)19-18(21)13-20(12-16-6-5-11-24-16)25(22,23)17-9-7-14(2)8-10-17/h5-11,15H,4,12-13H2,1-3H3,(H,19,21). The molecule has 0 aliphatic carbocycles. The molecule has 0 spiro atoms. The summed E-state index contributed by atoms with van der Waals surface area (Å²) in [4.78, 5) is 12.4. The first-order valence-electron chi connectivity index (χ1n) is 8.21. The molecule has 1 aromatic carbocycles. The molecule has 25 heavy (non-hydrogen) atoms. The van der Waals surface area contributed by atoms with E-state index in [0.29, 0.717) is 5.76 Å². The Morgan fingerprint density at radius 3 is 2.48 bits per heavy atom. The number of hydrogen-bond acceptors (Lipinski definition) is 4. The Hall–Kier alpha value is -2.12. The number of nitrogens with one attached hydrogen (secondary N) is 1. The summed E-state index contributed by atoms with van der Waals surface area (Å²) in [5, 5.41) is 2.80. The van der Waals surface area contributed by atoms with E-state index in [9.17, 15) is 13.2 Å². The van der Waals surface area contributed by atoms with Crippen molar-refractivity contribution in [2.24, 2.45) is 0 Å². The molecular formula is C18H24N2O4S. The molecule has 1 amide bonds. The van der Waals surface area contributed by atoms with Crippen molar-refractivity contribution in [3.05, 3.63) is 54.0 Å². The molecule has 0 aliphatic rings. The number of benzene rings is 1. The van der Waals surface area contributed by atoms with Gasteiger partial charge in [0, 0.05) is 6.04 Å². The maximum Gasteiger partial charge on any atom is 0.243 e. The summed E-state index contributed by atoms with van der Waals surface area (Å²) in [6.07, 6.45) is 2.25. The largest absolute Gasteiger partial charge is 0.468 e. The van der Waals surface area contributed by atoms with Crippen LogP contribution in [0.25, 0.3) is 0 Å². The Morgan fingerprint density at radius 1 is 1.24 bits per heavy atom. The second kappa shape index (κ2) is 8.31. The maximum absolute atomic E-state index is 13.0. The van der Waals surface area contributed by atoms with E-state index in [0.717, 1.165) is 16.3 Å². The fourth-order valence-corrected chi connectivity index (χ4v) is 3.61. The van der Waals surface area contributed by atoms with Gasteiger partial charge in [0.1, 0.15) is 5.76 Å². The predicted molar refractivity (Wildman–Crippen MR) is 95.4 cm³/mol. The zero-order valence-electron chi connectivity index (χ0n) is 14.7. The summed E-state index contributed by atoms with van der Waals surface area (Å²) in [6, 6.07) is 9.92. The van der Waals surface area contributed by atoms with Crippen LogP contribution in [-0.2, 0) is 21.4 Å². The Labute approximate surface area is 148 Å². The lowest BCUT2D eigenvalue weighted by Gasteiger charge is -2.22. The Bertz CT molecular complexity index is 783. The summed E-state index contributed by atoms with van der Waals surface area (Å²) in [6.45, 7) is 5.45. The highest BCUT2D eigenvalue weighted by atomic mass is 32.2. The van der Waals surface area contributed by atoms with Gasteiger partial charge in [-0.2, -0.15) is 4.31 Å². The third-order valence-electron chi connectivity index (χ3n) is 3.91. The summed E-state index contributed by atoms with van der Waals surface area (Å²) in [7, 11) is -3.82. The lowest BCUT2D eigenvalue weighted by atomic mass is 10.2. The molecule has 1 atom stereocenters. The molecule has 0 saturated heterocycles. The number of aryl methyl sites for hydroxylation is 1. The van der Waals surface area contributed by atoms with Gasteiger partial charge >= 0.3 is 0 Å². The smallest absolute Gasteiger partial charge is 0.243 e. The van der Waals surface area contributed by atoms with Crippen LogP contribution in [0.3, 0.4) is 0 Å². The first kappa shape index (κ1) is 19.2. The fourth-order valence-electron chi connectivity index (χ4n) is 2.24. The highest BCUT2D eigenvalue weighted by Gasteiger charge is 2.28. The van der Waals surface area contributed by atoms with E-state index < -0.39 is 10.0 Å². The van der Waals surface area contributed by atoms with Gasteiger partial charge in [-0.25, -0.2) is 8.42 Å². The van der Waals surface area contributed by atoms with Crippen LogP contribution >= 0.6 is 0 Å². The Balaban J connectivity index is 2.26. The van der Waals surface area contributed by atoms with Crippen LogP contribution in [0.5, 0.6) is 0 Å². The van der Waals surface area contributed by atoms with Gasteiger partial charge in [0.25, 0.3) is 0 Å². The minimum absolute atomic E-state index is 0.00284. The van der Waals surface area contributed by atoms with Gasteiger partial charge in [0.2, 0.25) is 15.9 Å². The molecule has 2 rings (SSSR count). The number of furan rings is 1. The number of carbonyl (C=O) groups is 1. The summed E-state index contributed by atoms with van der Waals surface area (Å²) >= 11 is 0. The molecule has 136 valence electrons. The zero-order chi connectivity index (χ0) is 18.4. The summed E-state index contributed by atoms with van der Waals surface area (Å²) in [5.41, 5.74) is 0.964. The SMILES string of the molecule is CCC(C)NC(=O)CN(Cc1ccco1)S(=O)(=O)c1ccc(C)cc1. The van der Waals surface area contributed by atoms with Gasteiger partial charge in [-0.3, -0.25) is 4.79 Å². The molecule has 6 nitrogen and oxygen atoms in total. The molecule has 0 saturated carbocycles. The topological polar surface area (TPSA) is 79.6 Å². The average molecular weight is 364 g/mol. The molecule has 1 heterocycles. The molecule has 0 aliphatic heterocycles. The van der Waals surface area contributed by atoms with Gasteiger partial charge in [0.05, 0.1) is 24.2 Å². The maximum atomic E-state index is 13.0. The van der Waals surface area contributed by atoms with Crippen LogP contribution < -0.4 is 5.32 Å².